The molecule has 1 aromatic heterocycles. The molecule has 15 heteroatoms. The van der Waals surface area contributed by atoms with E-state index in [0.29, 0.717) is 5.57 Å². The fourth-order valence-electron chi connectivity index (χ4n) is 2.99. The molecule has 1 unspecified atom stereocenters. The molecule has 1 saturated heterocycles. The number of aromatic nitrogens is 1. The predicted octanol–water partition coefficient (Wildman–Crippen LogP) is -0.534. The van der Waals surface area contributed by atoms with Crippen LogP contribution in [0.1, 0.15) is 5.69 Å². The summed E-state index contributed by atoms with van der Waals surface area (Å²) >= 11 is 2.37. The molecule has 3 heterocycles. The van der Waals surface area contributed by atoms with Crippen LogP contribution in [-0.2, 0) is 24.0 Å². The quantitative estimate of drug-likeness (QED) is 0.212. The minimum Gasteiger partial charge on any atom is -0.477 e. The largest absolute Gasteiger partial charge is 0.477 e. The monoisotopic (exact) mass is 482 g/mol. The number of carbonyl (C=O) groups is 4. The number of anilines is 1. The zero-order chi connectivity index (χ0) is 23.4. The van der Waals surface area contributed by atoms with Crippen LogP contribution in [0.5, 0.6) is 0 Å². The van der Waals surface area contributed by atoms with Crippen molar-refractivity contribution in [3.8, 4) is 0 Å². The van der Waals surface area contributed by atoms with Gasteiger partial charge in [-0.2, -0.15) is 0 Å². The third kappa shape index (κ3) is 4.67. The van der Waals surface area contributed by atoms with Crippen molar-refractivity contribution >= 4 is 57.8 Å². The summed E-state index contributed by atoms with van der Waals surface area (Å²) in [7, 11) is 1.25. The maximum absolute atomic E-state index is 12.7. The minimum absolute atomic E-state index is 0.144. The minimum atomic E-state index is -1.30. The van der Waals surface area contributed by atoms with Gasteiger partial charge in [0.15, 0.2) is 10.8 Å². The number of thioether (sulfide) groups is 1. The number of oxime groups is 1. The summed E-state index contributed by atoms with van der Waals surface area (Å²) in [6, 6.07) is -0.969. The van der Waals surface area contributed by atoms with Crippen LogP contribution in [0.25, 0.3) is 0 Å². The maximum Gasteiger partial charge on any atom is 0.404 e. The zero-order valence-electron chi connectivity index (χ0n) is 16.5. The second-order valence-corrected chi connectivity index (χ2v) is 8.26. The molecule has 3 amide bonds. The highest BCUT2D eigenvalue weighted by Gasteiger charge is 2.54. The molecule has 2 aliphatic heterocycles. The Bertz CT molecular complexity index is 1050. The molecule has 2 aliphatic rings. The molecule has 13 nitrogen and oxygen atoms in total. The van der Waals surface area contributed by atoms with Crippen molar-refractivity contribution in [3.05, 3.63) is 34.5 Å². The topological polar surface area (TPSA) is 200 Å². The van der Waals surface area contributed by atoms with Crippen molar-refractivity contribution in [1.82, 2.24) is 15.2 Å². The lowest BCUT2D eigenvalue weighted by Crippen LogP contribution is -2.71. The number of carboxylic acids is 1. The van der Waals surface area contributed by atoms with Gasteiger partial charge in [-0.05, 0) is 11.6 Å². The number of nitrogens with zero attached hydrogens (tertiary/aromatic N) is 3. The number of primary amides is 1. The number of carboxylic acid groups (broad SMARTS) is 1. The van der Waals surface area contributed by atoms with Crippen molar-refractivity contribution in [2.45, 2.75) is 11.4 Å². The van der Waals surface area contributed by atoms with Gasteiger partial charge < -0.3 is 31.5 Å². The van der Waals surface area contributed by atoms with Crippen molar-refractivity contribution in [3.63, 3.8) is 0 Å². The highest BCUT2D eigenvalue weighted by atomic mass is 32.2. The Kier molecular flexibility index (Phi) is 6.99. The normalized spacial score (nSPS) is 20.6. The first-order valence-corrected chi connectivity index (χ1v) is 10.8. The van der Waals surface area contributed by atoms with Gasteiger partial charge in [0, 0.05) is 11.1 Å². The van der Waals surface area contributed by atoms with E-state index in [9.17, 15) is 24.3 Å². The number of allylic oxidation sites excluding steroid dienone is 1. The van der Waals surface area contributed by atoms with Crippen molar-refractivity contribution < 1.29 is 33.9 Å². The van der Waals surface area contributed by atoms with E-state index in [1.807, 2.05) is 0 Å². The van der Waals surface area contributed by atoms with Gasteiger partial charge in [0.2, 0.25) is 0 Å². The lowest BCUT2D eigenvalue weighted by atomic mass is 10.0. The summed E-state index contributed by atoms with van der Waals surface area (Å²) in [5.41, 5.74) is 10.6. The molecule has 32 heavy (non-hydrogen) atoms. The van der Waals surface area contributed by atoms with Gasteiger partial charge in [-0.1, -0.05) is 11.2 Å². The van der Waals surface area contributed by atoms with E-state index in [1.165, 1.54) is 36.4 Å². The Labute approximate surface area is 189 Å². The van der Waals surface area contributed by atoms with E-state index < -0.39 is 35.3 Å². The number of β-lactam (4-membered cyclic amide) rings is 1. The van der Waals surface area contributed by atoms with E-state index in [-0.39, 0.29) is 34.6 Å². The average molecular weight is 483 g/mol. The predicted molar refractivity (Wildman–Crippen MR) is 114 cm³/mol. The van der Waals surface area contributed by atoms with Gasteiger partial charge in [0.25, 0.3) is 11.8 Å². The number of amides is 3. The van der Waals surface area contributed by atoms with Crippen LogP contribution in [0.2, 0.25) is 0 Å². The van der Waals surface area contributed by atoms with Gasteiger partial charge in [-0.3, -0.25) is 14.5 Å². The molecule has 0 radical (unpaired) electrons. The number of rotatable bonds is 8. The fraction of sp³-hybridized carbons (Fsp3) is 0.294. The first-order valence-electron chi connectivity index (χ1n) is 8.87. The van der Waals surface area contributed by atoms with Crippen molar-refractivity contribution in [2.24, 2.45) is 10.9 Å². The standard InChI is InChI=1S/C17H18N6O7S2/c1-29-22-9(8-6-32-16(18)20-8)12(24)21-10-13(25)23-11(15(26)27)7(5-31-14(10)23)3-2-4-30-17(19)28/h2-3,6,10,14H,4-5H2,1H3,(H2,18,20)(H2,19,28)(H,21,24)(H,26,27)/b3-2-,22-9-/t10?,14-/m0/s1. The van der Waals surface area contributed by atoms with Crippen LogP contribution in [0.4, 0.5) is 9.93 Å². The Hall–Kier alpha value is -3.59. The van der Waals surface area contributed by atoms with E-state index in [4.69, 9.17) is 16.3 Å². The number of nitrogens with one attached hydrogen (secondary N) is 1. The third-order valence-electron chi connectivity index (χ3n) is 4.29. The summed E-state index contributed by atoms with van der Waals surface area (Å²) in [6.45, 7) is -0.144. The molecule has 2 atom stereocenters. The van der Waals surface area contributed by atoms with Crippen LogP contribution >= 0.6 is 23.1 Å². The number of ether oxygens (including phenoxy) is 1. The smallest absolute Gasteiger partial charge is 0.404 e. The van der Waals surface area contributed by atoms with Crippen LogP contribution < -0.4 is 16.8 Å². The number of hydrogen-bond donors (Lipinski definition) is 4. The number of fused-ring (bicyclic) bond motifs is 1. The molecule has 1 aromatic rings. The lowest BCUT2D eigenvalue weighted by molar-refractivity contribution is -0.150. The van der Waals surface area contributed by atoms with Crippen LogP contribution in [0.15, 0.2) is 34.0 Å². The molecular weight excluding hydrogens is 464 g/mol. The van der Waals surface area contributed by atoms with Crippen LogP contribution in [-0.4, -0.2) is 75.5 Å². The molecule has 0 saturated carbocycles. The summed E-state index contributed by atoms with van der Waals surface area (Å²) in [4.78, 5) is 57.6. The average Bonchev–Trinajstić information content (AvgIpc) is 3.17. The molecule has 0 aromatic carbocycles. The molecule has 3 rings (SSSR count). The summed E-state index contributed by atoms with van der Waals surface area (Å²) in [5, 5.41) is 17.0. The maximum atomic E-state index is 12.7. The van der Waals surface area contributed by atoms with Gasteiger partial charge in [0.1, 0.15) is 36.5 Å². The number of nitrogens with two attached hydrogens (primary N) is 2. The molecule has 170 valence electrons. The Balaban J connectivity index is 1.75. The van der Waals surface area contributed by atoms with Gasteiger partial charge in [-0.15, -0.1) is 23.1 Å². The Morgan fingerprint density at radius 1 is 1.47 bits per heavy atom. The molecule has 0 bridgehead atoms. The molecule has 1 fully saturated rings. The van der Waals surface area contributed by atoms with Crippen molar-refractivity contribution in [1.29, 1.82) is 0 Å². The second-order valence-electron chi connectivity index (χ2n) is 6.27. The molecule has 6 N–H and O–H groups in total. The van der Waals surface area contributed by atoms with E-state index in [0.717, 1.165) is 16.2 Å². The highest BCUT2D eigenvalue weighted by Crippen LogP contribution is 2.40. The van der Waals surface area contributed by atoms with Crippen LogP contribution in [0, 0.1) is 0 Å². The fourth-order valence-corrected chi connectivity index (χ4v) is 4.86. The SMILES string of the molecule is CO/N=C(\C(=O)NC1C(=O)N2C(C(=O)O)=C(/C=C\COC(N)=O)CS[C@@H]12)c1csc(N)n1. The molecular formula is C17H18N6O7S2. The van der Waals surface area contributed by atoms with Gasteiger partial charge >= 0.3 is 12.1 Å². The van der Waals surface area contributed by atoms with E-state index in [1.54, 1.807) is 0 Å². The molecule has 0 spiro atoms. The van der Waals surface area contributed by atoms with Gasteiger partial charge in [-0.25, -0.2) is 14.6 Å². The van der Waals surface area contributed by atoms with Gasteiger partial charge in [0.05, 0.1) is 0 Å². The first kappa shape index (κ1) is 23.1. The zero-order valence-corrected chi connectivity index (χ0v) is 18.1. The first-order chi connectivity index (χ1) is 15.2. The number of carbonyl (C=O) groups excluding carboxylic acids is 3. The summed E-state index contributed by atoms with van der Waals surface area (Å²) < 4.78 is 4.57. The van der Waals surface area contributed by atoms with Crippen LogP contribution in [0.3, 0.4) is 0 Å². The number of nitrogen functional groups attached to an aromatic ring is 1. The summed E-state index contributed by atoms with van der Waals surface area (Å²) in [6.07, 6.45) is 1.90. The number of hydrogen-bond acceptors (Lipinski definition) is 11. The Morgan fingerprint density at radius 3 is 2.81 bits per heavy atom. The lowest BCUT2D eigenvalue weighted by Gasteiger charge is -2.49. The Morgan fingerprint density at radius 2 is 2.22 bits per heavy atom. The second kappa shape index (κ2) is 9.69. The van der Waals surface area contributed by atoms with E-state index >= 15 is 0 Å². The number of thiazole rings is 1. The van der Waals surface area contributed by atoms with Crippen molar-refractivity contribution in [2.75, 3.05) is 25.2 Å². The van der Waals surface area contributed by atoms with E-state index in [2.05, 4.69) is 20.2 Å². The highest BCUT2D eigenvalue weighted by molar-refractivity contribution is 8.00. The summed E-state index contributed by atoms with van der Waals surface area (Å²) in [5.74, 6) is -2.37. The third-order valence-corrected chi connectivity index (χ3v) is 6.27. The molecule has 0 aliphatic carbocycles. The number of aliphatic carboxylic acids is 1.